The molecular weight excluding hydrogens is 376 g/mol. The maximum Gasteiger partial charge on any atom is 0.266 e. The number of anilines is 1. The Kier molecular flexibility index (Phi) is 4.99. The number of nitrogens with one attached hydrogen (secondary N) is 2. The fraction of sp³-hybridized carbons (Fsp3) is 0.143. The third kappa shape index (κ3) is 4.15. The number of ether oxygens (including phenoxy) is 2. The SMILES string of the molecule is Cc1ccc(NC(=O)/C=c2\[nH]c(=O)/c(=C\c3ccc4c(c3)OCCO4)s2)cc1. The molecule has 4 rings (SSSR count). The van der Waals surface area contributed by atoms with Crippen LogP contribution in [0.2, 0.25) is 0 Å². The molecule has 1 aliphatic heterocycles. The Morgan fingerprint density at radius 2 is 1.86 bits per heavy atom. The van der Waals surface area contributed by atoms with Crippen LogP contribution in [-0.4, -0.2) is 24.1 Å². The Morgan fingerprint density at radius 3 is 2.64 bits per heavy atom. The van der Waals surface area contributed by atoms with Gasteiger partial charge in [-0.2, -0.15) is 0 Å². The first-order chi connectivity index (χ1) is 13.6. The Morgan fingerprint density at radius 1 is 1.11 bits per heavy atom. The first-order valence-corrected chi connectivity index (χ1v) is 9.58. The number of carbonyl (C=O) groups excluding carboxylic acids is 1. The van der Waals surface area contributed by atoms with Gasteiger partial charge in [0.25, 0.3) is 11.5 Å². The molecule has 0 fully saturated rings. The molecule has 2 heterocycles. The molecule has 1 aromatic heterocycles. The van der Waals surface area contributed by atoms with Crippen LogP contribution in [0.15, 0.2) is 47.3 Å². The highest BCUT2D eigenvalue weighted by atomic mass is 32.1. The van der Waals surface area contributed by atoms with Gasteiger partial charge in [0.1, 0.15) is 17.9 Å². The number of benzene rings is 2. The Hall–Kier alpha value is -3.32. The van der Waals surface area contributed by atoms with E-state index in [0.29, 0.717) is 39.6 Å². The molecule has 0 bridgehead atoms. The van der Waals surface area contributed by atoms with E-state index in [-0.39, 0.29) is 11.5 Å². The molecule has 1 amide bonds. The zero-order valence-corrected chi connectivity index (χ0v) is 16.0. The summed E-state index contributed by atoms with van der Waals surface area (Å²) in [4.78, 5) is 27.1. The highest BCUT2D eigenvalue weighted by molar-refractivity contribution is 7.07. The van der Waals surface area contributed by atoms with Crippen molar-refractivity contribution in [2.45, 2.75) is 6.92 Å². The number of aromatic amines is 1. The minimum Gasteiger partial charge on any atom is -0.486 e. The maximum atomic E-state index is 12.2. The van der Waals surface area contributed by atoms with Crippen LogP contribution in [-0.2, 0) is 4.79 Å². The van der Waals surface area contributed by atoms with E-state index in [9.17, 15) is 9.59 Å². The van der Waals surface area contributed by atoms with Crippen LogP contribution in [0.4, 0.5) is 5.69 Å². The Labute approximate surface area is 164 Å². The predicted molar refractivity (Wildman–Crippen MR) is 109 cm³/mol. The smallest absolute Gasteiger partial charge is 0.266 e. The maximum absolute atomic E-state index is 12.2. The van der Waals surface area contributed by atoms with E-state index >= 15 is 0 Å². The molecule has 0 unspecified atom stereocenters. The lowest BCUT2D eigenvalue weighted by Gasteiger charge is -2.18. The minimum absolute atomic E-state index is 0.241. The average molecular weight is 394 g/mol. The Bertz CT molecular complexity index is 1190. The van der Waals surface area contributed by atoms with Gasteiger partial charge in [-0.15, -0.1) is 11.3 Å². The second-order valence-corrected chi connectivity index (χ2v) is 7.42. The van der Waals surface area contributed by atoms with Gasteiger partial charge in [0.2, 0.25) is 0 Å². The van der Waals surface area contributed by atoms with Crippen molar-refractivity contribution in [3.63, 3.8) is 0 Å². The van der Waals surface area contributed by atoms with Crippen LogP contribution >= 0.6 is 11.3 Å². The number of carbonyl (C=O) groups is 1. The monoisotopic (exact) mass is 394 g/mol. The summed E-state index contributed by atoms with van der Waals surface area (Å²) >= 11 is 1.22. The number of thiazole rings is 1. The average Bonchev–Trinajstić information content (AvgIpc) is 3.02. The van der Waals surface area contributed by atoms with Gasteiger partial charge in [-0.05, 0) is 42.8 Å². The summed E-state index contributed by atoms with van der Waals surface area (Å²) in [5, 5.41) is 2.78. The molecular formula is C21H18N2O4S. The number of rotatable bonds is 3. The zero-order valence-electron chi connectivity index (χ0n) is 15.2. The summed E-state index contributed by atoms with van der Waals surface area (Å²) < 4.78 is 12.1. The molecule has 0 aliphatic carbocycles. The normalized spacial score (nSPS) is 14.2. The van der Waals surface area contributed by atoms with E-state index < -0.39 is 0 Å². The van der Waals surface area contributed by atoms with Gasteiger partial charge in [-0.3, -0.25) is 9.59 Å². The fourth-order valence-corrected chi connectivity index (χ4v) is 3.65. The fourth-order valence-electron chi connectivity index (χ4n) is 2.76. The number of amides is 1. The summed E-state index contributed by atoms with van der Waals surface area (Å²) in [5.74, 6) is 1.06. The van der Waals surface area contributed by atoms with Gasteiger partial charge in [0.05, 0.1) is 4.53 Å². The van der Waals surface area contributed by atoms with Crippen LogP contribution < -0.4 is 29.5 Å². The molecule has 3 aromatic rings. The predicted octanol–water partition coefficient (Wildman–Crippen LogP) is 1.76. The van der Waals surface area contributed by atoms with Gasteiger partial charge >= 0.3 is 0 Å². The molecule has 0 radical (unpaired) electrons. The second kappa shape index (κ2) is 7.74. The number of H-pyrrole nitrogens is 1. The van der Waals surface area contributed by atoms with Gasteiger partial charge in [-0.1, -0.05) is 23.8 Å². The van der Waals surface area contributed by atoms with Crippen molar-refractivity contribution in [1.29, 1.82) is 0 Å². The van der Waals surface area contributed by atoms with Crippen molar-refractivity contribution in [3.05, 3.63) is 73.1 Å². The zero-order chi connectivity index (χ0) is 19.5. The number of hydrogen-bond donors (Lipinski definition) is 2. The first kappa shape index (κ1) is 18.1. The van der Waals surface area contributed by atoms with Gasteiger partial charge in [0.15, 0.2) is 11.5 Å². The molecule has 1 aliphatic rings. The van der Waals surface area contributed by atoms with Crippen molar-refractivity contribution in [2.75, 3.05) is 18.5 Å². The molecule has 0 saturated heterocycles. The van der Waals surface area contributed by atoms with E-state index in [1.165, 1.54) is 17.4 Å². The van der Waals surface area contributed by atoms with E-state index in [1.807, 2.05) is 49.4 Å². The van der Waals surface area contributed by atoms with E-state index in [1.54, 1.807) is 6.08 Å². The van der Waals surface area contributed by atoms with E-state index in [0.717, 1.165) is 11.1 Å². The van der Waals surface area contributed by atoms with Crippen LogP contribution in [0.25, 0.3) is 12.2 Å². The molecule has 28 heavy (non-hydrogen) atoms. The largest absolute Gasteiger partial charge is 0.486 e. The van der Waals surface area contributed by atoms with Crippen molar-refractivity contribution < 1.29 is 14.3 Å². The molecule has 0 spiro atoms. The topological polar surface area (TPSA) is 80.4 Å². The highest BCUT2D eigenvalue weighted by Gasteiger charge is 2.11. The third-order valence-corrected chi connectivity index (χ3v) is 5.09. The van der Waals surface area contributed by atoms with Crippen molar-refractivity contribution >= 4 is 35.1 Å². The van der Waals surface area contributed by atoms with Gasteiger partial charge in [-0.25, -0.2) is 0 Å². The lowest BCUT2D eigenvalue weighted by molar-refractivity contribution is -0.110. The minimum atomic E-state index is -0.299. The quantitative estimate of drug-likeness (QED) is 0.710. The number of fused-ring (bicyclic) bond motifs is 1. The second-order valence-electron chi connectivity index (χ2n) is 6.33. The lowest BCUT2D eigenvalue weighted by atomic mass is 10.2. The number of aryl methyl sites for hydroxylation is 1. The van der Waals surface area contributed by atoms with E-state index in [4.69, 9.17) is 9.47 Å². The van der Waals surface area contributed by atoms with Crippen LogP contribution in [0.5, 0.6) is 11.5 Å². The van der Waals surface area contributed by atoms with Crippen LogP contribution in [0, 0.1) is 6.92 Å². The lowest BCUT2D eigenvalue weighted by Crippen LogP contribution is -2.20. The summed E-state index contributed by atoms with van der Waals surface area (Å²) in [6, 6.07) is 13.0. The number of aromatic nitrogens is 1. The first-order valence-electron chi connectivity index (χ1n) is 8.77. The molecule has 0 saturated carbocycles. The number of hydrogen-bond acceptors (Lipinski definition) is 5. The molecule has 6 nitrogen and oxygen atoms in total. The molecule has 142 valence electrons. The van der Waals surface area contributed by atoms with E-state index in [2.05, 4.69) is 10.3 Å². The molecule has 2 N–H and O–H groups in total. The summed E-state index contributed by atoms with van der Waals surface area (Å²) in [6.45, 7) is 3.02. The molecule has 2 aromatic carbocycles. The van der Waals surface area contributed by atoms with Crippen molar-refractivity contribution in [3.8, 4) is 11.5 Å². The van der Waals surface area contributed by atoms with Crippen LogP contribution in [0.1, 0.15) is 11.1 Å². The molecule has 7 heteroatoms. The summed E-state index contributed by atoms with van der Waals surface area (Å²) in [7, 11) is 0. The van der Waals surface area contributed by atoms with Gasteiger partial charge in [0, 0.05) is 11.8 Å². The van der Waals surface area contributed by atoms with Gasteiger partial charge < -0.3 is 19.8 Å². The van der Waals surface area contributed by atoms with Crippen molar-refractivity contribution in [1.82, 2.24) is 4.98 Å². The Balaban J connectivity index is 1.58. The molecule has 0 atom stereocenters. The van der Waals surface area contributed by atoms with Crippen molar-refractivity contribution in [2.24, 2.45) is 0 Å². The highest BCUT2D eigenvalue weighted by Crippen LogP contribution is 2.30. The van der Waals surface area contributed by atoms with Crippen LogP contribution in [0.3, 0.4) is 0 Å². The summed E-state index contributed by atoms with van der Waals surface area (Å²) in [5.41, 5.74) is 2.40. The third-order valence-electron chi connectivity index (χ3n) is 4.13. The standard InChI is InChI=1S/C21H18N2O4S/c1-13-2-5-15(6-3-13)22-19(24)12-20-23-21(25)18(28-20)11-14-4-7-16-17(10-14)27-9-8-26-16/h2-7,10-12H,8-9H2,1H3,(H,22,24)(H,23,25)/b18-11+,20-12+. The summed E-state index contributed by atoms with van der Waals surface area (Å²) in [6.07, 6.45) is 3.14.